The van der Waals surface area contributed by atoms with E-state index in [1.165, 1.54) is 0 Å². The molecule has 142 valence electrons. The van der Waals surface area contributed by atoms with Crippen molar-refractivity contribution in [1.29, 1.82) is 0 Å². The van der Waals surface area contributed by atoms with E-state index in [0.717, 1.165) is 22.8 Å². The van der Waals surface area contributed by atoms with Gasteiger partial charge in [0.1, 0.15) is 12.4 Å². The number of ether oxygens (including phenoxy) is 1. The first-order chi connectivity index (χ1) is 12.1. The van der Waals surface area contributed by atoms with Gasteiger partial charge in [0.2, 0.25) is 0 Å². The number of halogens is 1. The first kappa shape index (κ1) is 22.0. The van der Waals surface area contributed by atoms with Crippen molar-refractivity contribution in [2.45, 2.75) is 32.9 Å². The van der Waals surface area contributed by atoms with E-state index in [9.17, 15) is 0 Å². The van der Waals surface area contributed by atoms with Gasteiger partial charge in [0, 0.05) is 25.2 Å². The summed E-state index contributed by atoms with van der Waals surface area (Å²) in [7, 11) is 1.73. The van der Waals surface area contributed by atoms with Gasteiger partial charge >= 0.3 is 0 Å². The zero-order chi connectivity index (χ0) is 18.1. The summed E-state index contributed by atoms with van der Waals surface area (Å²) in [6.45, 7) is 9.44. The molecule has 0 saturated heterocycles. The average Bonchev–Trinajstić information content (AvgIpc) is 3.10. The van der Waals surface area contributed by atoms with Gasteiger partial charge in [-0.15, -0.1) is 24.0 Å². The van der Waals surface area contributed by atoms with Gasteiger partial charge in [0.15, 0.2) is 11.7 Å². The van der Waals surface area contributed by atoms with Gasteiger partial charge in [0.25, 0.3) is 0 Å². The topological polar surface area (TPSA) is 71.7 Å². The van der Waals surface area contributed by atoms with Gasteiger partial charge in [-0.05, 0) is 12.0 Å². The van der Waals surface area contributed by atoms with Crippen LogP contribution >= 0.6 is 24.0 Å². The van der Waals surface area contributed by atoms with Crippen molar-refractivity contribution in [3.05, 3.63) is 60.0 Å². The van der Waals surface area contributed by atoms with E-state index in [4.69, 9.17) is 9.26 Å². The maximum absolute atomic E-state index is 5.67. The molecule has 6 nitrogen and oxygen atoms in total. The molecule has 7 heteroatoms. The highest BCUT2D eigenvalue weighted by Gasteiger charge is 2.09. The Morgan fingerprint density at radius 1 is 1.31 bits per heavy atom. The number of guanidine groups is 1. The third-order valence-corrected chi connectivity index (χ3v) is 3.60. The van der Waals surface area contributed by atoms with E-state index in [-0.39, 0.29) is 24.0 Å². The van der Waals surface area contributed by atoms with E-state index in [0.29, 0.717) is 31.6 Å². The van der Waals surface area contributed by atoms with Gasteiger partial charge in [-0.3, -0.25) is 4.99 Å². The molecular weight excluding hydrogens is 443 g/mol. The number of aromatic nitrogens is 1. The molecule has 2 aromatic rings. The molecule has 0 unspecified atom stereocenters. The van der Waals surface area contributed by atoms with E-state index < -0.39 is 0 Å². The second-order valence-corrected chi connectivity index (χ2v) is 5.86. The van der Waals surface area contributed by atoms with Gasteiger partial charge in [-0.2, -0.15) is 0 Å². The highest BCUT2D eigenvalue weighted by molar-refractivity contribution is 14.0. The summed E-state index contributed by atoms with van der Waals surface area (Å²) in [6.07, 6.45) is 1.73. The van der Waals surface area contributed by atoms with Crippen LogP contribution in [-0.4, -0.2) is 24.8 Å². The zero-order valence-corrected chi connectivity index (χ0v) is 17.8. The van der Waals surface area contributed by atoms with Crippen LogP contribution in [0, 0.1) is 0 Å². The average molecular weight is 470 g/mol. The van der Waals surface area contributed by atoms with Crippen LogP contribution in [0.15, 0.2) is 52.5 Å². The number of hydrogen-bond donors (Lipinski definition) is 2. The molecule has 26 heavy (non-hydrogen) atoms. The number of rotatable bonds is 8. The van der Waals surface area contributed by atoms with Crippen LogP contribution in [0.3, 0.4) is 0 Å². The predicted octanol–water partition coefficient (Wildman–Crippen LogP) is 3.85. The number of hydrogen-bond acceptors (Lipinski definition) is 4. The molecule has 0 bridgehead atoms. The van der Waals surface area contributed by atoms with Crippen LogP contribution in [0.1, 0.15) is 36.8 Å². The first-order valence-corrected chi connectivity index (χ1v) is 8.35. The van der Waals surface area contributed by atoms with Crippen LogP contribution in [0.2, 0.25) is 0 Å². The lowest BCUT2D eigenvalue weighted by atomic mass is 10.1. The Kier molecular flexibility index (Phi) is 9.79. The first-order valence-electron chi connectivity index (χ1n) is 8.35. The van der Waals surface area contributed by atoms with E-state index in [1.54, 1.807) is 13.1 Å². The van der Waals surface area contributed by atoms with Gasteiger partial charge in [0.05, 0.1) is 12.2 Å². The lowest BCUT2D eigenvalue weighted by Crippen LogP contribution is -2.36. The largest absolute Gasteiger partial charge is 0.489 e. The maximum Gasteiger partial charge on any atom is 0.191 e. The number of aliphatic imine (C=N–C) groups is 1. The highest BCUT2D eigenvalue weighted by atomic mass is 127. The molecular formula is C19H27IN4O2. The third kappa shape index (κ3) is 6.70. The molecule has 0 fully saturated rings. The van der Waals surface area contributed by atoms with Crippen molar-refractivity contribution >= 4 is 29.9 Å². The zero-order valence-electron chi connectivity index (χ0n) is 15.5. The lowest BCUT2D eigenvalue weighted by Gasteiger charge is -2.13. The molecule has 0 aliphatic carbocycles. The predicted molar refractivity (Wildman–Crippen MR) is 115 cm³/mol. The summed E-state index contributed by atoms with van der Waals surface area (Å²) >= 11 is 0. The van der Waals surface area contributed by atoms with E-state index in [1.807, 2.05) is 30.3 Å². The Labute approximate surface area is 172 Å². The lowest BCUT2D eigenvalue weighted by molar-refractivity contribution is 0.358. The molecule has 0 aliphatic heterocycles. The molecule has 2 rings (SSSR count). The second-order valence-electron chi connectivity index (χ2n) is 5.86. The summed E-state index contributed by atoms with van der Waals surface area (Å²) in [6, 6.07) is 9.85. The molecule has 0 spiro atoms. The van der Waals surface area contributed by atoms with Crippen molar-refractivity contribution in [3.8, 4) is 5.75 Å². The van der Waals surface area contributed by atoms with Crippen LogP contribution in [0.25, 0.3) is 0 Å². The minimum Gasteiger partial charge on any atom is -0.489 e. The van der Waals surface area contributed by atoms with Gasteiger partial charge < -0.3 is 19.9 Å². The van der Waals surface area contributed by atoms with Crippen molar-refractivity contribution in [3.63, 3.8) is 0 Å². The fourth-order valence-corrected chi connectivity index (χ4v) is 2.19. The Morgan fingerprint density at radius 2 is 2.04 bits per heavy atom. The van der Waals surface area contributed by atoms with E-state index in [2.05, 4.69) is 41.2 Å². The number of nitrogens with one attached hydrogen (secondary N) is 2. The molecule has 0 amide bonds. The summed E-state index contributed by atoms with van der Waals surface area (Å²) in [4.78, 5) is 4.23. The normalized spacial score (nSPS) is 11.0. The van der Waals surface area contributed by atoms with Crippen LogP contribution in [0.5, 0.6) is 5.75 Å². The molecule has 1 aromatic carbocycles. The summed E-state index contributed by atoms with van der Waals surface area (Å²) in [5.74, 6) is 2.64. The molecule has 0 saturated carbocycles. The van der Waals surface area contributed by atoms with Crippen LogP contribution in [-0.2, 0) is 13.1 Å². The summed E-state index contributed by atoms with van der Waals surface area (Å²) in [5.41, 5.74) is 2.00. The molecule has 0 aliphatic rings. The Hall–Kier alpha value is -2.03. The summed E-state index contributed by atoms with van der Waals surface area (Å²) in [5, 5.41) is 10.5. The molecule has 1 heterocycles. The standard InChI is InChI=1S/C19H26N4O2.HI/c1-5-10-24-18-9-7-6-8-15(18)12-21-19(20-4)22-13-16-11-17(14(2)3)23-25-16;/h5-9,11,14H,1,10,12-13H2,2-4H3,(H2,20,21,22);1H. The summed E-state index contributed by atoms with van der Waals surface area (Å²) < 4.78 is 11.0. The Bertz CT molecular complexity index is 713. The fraction of sp³-hybridized carbons (Fsp3) is 0.368. The van der Waals surface area contributed by atoms with Gasteiger partial charge in [-0.1, -0.05) is 49.9 Å². The molecule has 0 atom stereocenters. The van der Waals surface area contributed by atoms with Crippen LogP contribution in [0.4, 0.5) is 0 Å². The number of nitrogens with zero attached hydrogens (tertiary/aromatic N) is 2. The number of para-hydroxylation sites is 1. The Balaban J connectivity index is 0.00000338. The van der Waals surface area contributed by atoms with Gasteiger partial charge in [-0.25, -0.2) is 0 Å². The third-order valence-electron chi connectivity index (χ3n) is 3.60. The highest BCUT2D eigenvalue weighted by Crippen LogP contribution is 2.17. The Morgan fingerprint density at radius 3 is 2.69 bits per heavy atom. The smallest absolute Gasteiger partial charge is 0.191 e. The van der Waals surface area contributed by atoms with Crippen molar-refractivity contribution in [2.24, 2.45) is 4.99 Å². The fourth-order valence-electron chi connectivity index (χ4n) is 2.19. The molecule has 2 N–H and O–H groups in total. The van der Waals surface area contributed by atoms with Crippen molar-refractivity contribution in [2.75, 3.05) is 13.7 Å². The minimum atomic E-state index is 0. The minimum absolute atomic E-state index is 0. The molecule has 0 radical (unpaired) electrons. The monoisotopic (exact) mass is 470 g/mol. The van der Waals surface area contributed by atoms with Crippen LogP contribution < -0.4 is 15.4 Å². The van der Waals surface area contributed by atoms with Crippen molar-refractivity contribution < 1.29 is 9.26 Å². The van der Waals surface area contributed by atoms with Crippen molar-refractivity contribution in [1.82, 2.24) is 15.8 Å². The number of benzene rings is 1. The quantitative estimate of drug-likeness (QED) is 0.266. The maximum atomic E-state index is 5.67. The second kappa shape index (κ2) is 11.6. The SMILES string of the molecule is C=CCOc1ccccc1CNC(=NC)NCc1cc(C(C)C)no1.I. The van der Waals surface area contributed by atoms with E-state index >= 15 is 0 Å². The molecule has 1 aromatic heterocycles.